The van der Waals surface area contributed by atoms with Crippen molar-refractivity contribution in [3.63, 3.8) is 0 Å². The van der Waals surface area contributed by atoms with Gasteiger partial charge in [-0.2, -0.15) is 0 Å². The zero-order chi connectivity index (χ0) is 37.3. The summed E-state index contributed by atoms with van der Waals surface area (Å²) in [5.41, 5.74) is 10.4. The Hall–Kier alpha value is -6.60. The molecule has 1 saturated heterocycles. The fourth-order valence-electron chi connectivity index (χ4n) is 5.01. The standard InChI is InChI=1S/C17H18N2O3.C12H10N2O2.C12H9NO2/c20-17(19-22-16-8-4-5-11-21-16)15-10-9-14(12-18-15)13-6-2-1-3-7-13;15-12(14-16)11-7-6-10(8-13-11)9-4-2-1-3-5-9;14-12(15)11-7-6-10(8-13-11)9-4-2-1-3-5-9/h1-3,6-7,9-10,12,16H,4-5,8,11H2,(H,19,20);1-8,16H,(H,14,15);1-8H,(H,14,15). The van der Waals surface area contributed by atoms with Gasteiger partial charge in [0, 0.05) is 48.3 Å². The Balaban J connectivity index is 0.000000157. The van der Waals surface area contributed by atoms with Gasteiger partial charge in [0.1, 0.15) is 17.1 Å². The van der Waals surface area contributed by atoms with Gasteiger partial charge in [-0.1, -0.05) is 109 Å². The summed E-state index contributed by atoms with van der Waals surface area (Å²) in [5, 5.41) is 17.1. The van der Waals surface area contributed by atoms with Crippen LogP contribution >= 0.6 is 0 Å². The molecule has 12 heteroatoms. The lowest BCUT2D eigenvalue weighted by Crippen LogP contribution is -2.33. The lowest BCUT2D eigenvalue weighted by atomic mass is 10.1. The quantitative estimate of drug-likeness (QED) is 0.0930. The molecular weight excluding hydrogens is 674 g/mol. The topological polar surface area (TPSA) is 173 Å². The molecule has 1 aliphatic rings. The molecule has 3 aromatic carbocycles. The number of hydroxylamine groups is 2. The van der Waals surface area contributed by atoms with Gasteiger partial charge in [0.15, 0.2) is 6.29 Å². The molecule has 1 aliphatic heterocycles. The highest BCUT2D eigenvalue weighted by molar-refractivity contribution is 5.92. The summed E-state index contributed by atoms with van der Waals surface area (Å²) in [5.74, 6) is -1.98. The van der Waals surface area contributed by atoms with Crippen LogP contribution < -0.4 is 11.0 Å². The lowest BCUT2D eigenvalue weighted by Gasteiger charge is -2.21. The van der Waals surface area contributed by atoms with Gasteiger partial charge in [0.2, 0.25) is 0 Å². The number of rotatable bonds is 8. The number of hydrogen-bond donors (Lipinski definition) is 4. The van der Waals surface area contributed by atoms with Crippen molar-refractivity contribution in [2.45, 2.75) is 25.6 Å². The van der Waals surface area contributed by atoms with Gasteiger partial charge in [0.05, 0.1) is 0 Å². The molecule has 1 fully saturated rings. The van der Waals surface area contributed by atoms with Crippen LogP contribution in [-0.4, -0.2) is 55.9 Å². The number of pyridine rings is 3. The van der Waals surface area contributed by atoms with E-state index in [2.05, 4.69) is 20.4 Å². The molecule has 0 saturated carbocycles. The second-order valence-corrected chi connectivity index (χ2v) is 11.5. The number of aromatic nitrogens is 3. The van der Waals surface area contributed by atoms with E-state index in [4.69, 9.17) is 19.9 Å². The van der Waals surface area contributed by atoms with Crippen LogP contribution in [0.25, 0.3) is 33.4 Å². The molecule has 0 spiro atoms. The molecule has 3 aromatic heterocycles. The summed E-state index contributed by atoms with van der Waals surface area (Å²) < 4.78 is 5.38. The molecule has 12 nitrogen and oxygen atoms in total. The molecular formula is C41H37N5O7. The first-order valence-corrected chi connectivity index (χ1v) is 16.7. The fraction of sp³-hybridized carbons (Fsp3) is 0.122. The number of hydrogen-bond acceptors (Lipinski definition) is 9. The Kier molecular flexibility index (Phi) is 14.0. The minimum absolute atomic E-state index is 0.0645. The number of nitrogens with one attached hydrogen (secondary N) is 2. The molecule has 4 N–H and O–H groups in total. The van der Waals surface area contributed by atoms with Crippen molar-refractivity contribution in [1.82, 2.24) is 25.9 Å². The molecule has 1 atom stereocenters. The SMILES string of the molecule is O=C(NO)c1ccc(-c2ccccc2)cn1.O=C(NOC1CCCCO1)c1ccc(-c2ccccc2)cn1.O=C(O)c1ccc(-c2ccccc2)cn1. The van der Waals surface area contributed by atoms with Gasteiger partial charge in [0.25, 0.3) is 11.8 Å². The number of nitrogens with zero attached hydrogens (tertiary/aromatic N) is 3. The summed E-state index contributed by atoms with van der Waals surface area (Å²) in [6.07, 6.45) is 7.36. The van der Waals surface area contributed by atoms with Gasteiger partial charge >= 0.3 is 5.97 Å². The second-order valence-electron chi connectivity index (χ2n) is 11.5. The van der Waals surface area contributed by atoms with Gasteiger partial charge in [-0.15, -0.1) is 0 Å². The van der Waals surface area contributed by atoms with Crippen LogP contribution in [0.1, 0.15) is 50.7 Å². The third-order valence-electron chi connectivity index (χ3n) is 7.82. The van der Waals surface area contributed by atoms with Gasteiger partial charge < -0.3 is 9.84 Å². The maximum Gasteiger partial charge on any atom is 0.354 e. The predicted octanol–water partition coefficient (Wildman–Crippen LogP) is 7.25. The van der Waals surface area contributed by atoms with Crippen molar-refractivity contribution in [2.75, 3.05) is 6.61 Å². The van der Waals surface area contributed by atoms with E-state index < -0.39 is 11.9 Å². The summed E-state index contributed by atoms with van der Waals surface area (Å²) in [4.78, 5) is 50.9. The zero-order valence-electron chi connectivity index (χ0n) is 28.5. The Morgan fingerprint density at radius 2 is 1.00 bits per heavy atom. The normalized spacial score (nSPS) is 13.2. The first-order valence-electron chi connectivity index (χ1n) is 16.7. The lowest BCUT2D eigenvalue weighted by molar-refractivity contribution is -0.186. The second kappa shape index (κ2) is 19.7. The van der Waals surface area contributed by atoms with Crippen LogP contribution in [-0.2, 0) is 9.57 Å². The first kappa shape index (κ1) is 37.7. The van der Waals surface area contributed by atoms with E-state index in [-0.39, 0.29) is 23.6 Å². The zero-order valence-corrected chi connectivity index (χ0v) is 28.5. The predicted molar refractivity (Wildman–Crippen MR) is 197 cm³/mol. The third-order valence-corrected chi connectivity index (χ3v) is 7.82. The van der Waals surface area contributed by atoms with E-state index in [1.807, 2.05) is 97.1 Å². The van der Waals surface area contributed by atoms with Crippen LogP contribution in [0.5, 0.6) is 0 Å². The summed E-state index contributed by atoms with van der Waals surface area (Å²) in [6.45, 7) is 0.671. The van der Waals surface area contributed by atoms with Crippen molar-refractivity contribution < 1.29 is 34.3 Å². The van der Waals surface area contributed by atoms with Crippen molar-refractivity contribution in [1.29, 1.82) is 0 Å². The number of benzene rings is 3. The van der Waals surface area contributed by atoms with Crippen LogP contribution in [0.2, 0.25) is 0 Å². The summed E-state index contributed by atoms with van der Waals surface area (Å²) in [6, 6.07) is 39.5. The molecule has 0 aliphatic carbocycles. The maximum atomic E-state index is 12.0. The molecule has 0 radical (unpaired) electrons. The molecule has 268 valence electrons. The fourth-order valence-corrected chi connectivity index (χ4v) is 5.01. The van der Waals surface area contributed by atoms with Gasteiger partial charge in [-0.25, -0.2) is 25.6 Å². The minimum Gasteiger partial charge on any atom is -0.477 e. The number of carboxylic acid groups (broad SMARTS) is 1. The molecule has 0 bridgehead atoms. The van der Waals surface area contributed by atoms with Crippen LogP contribution in [0, 0.1) is 0 Å². The number of carbonyl (C=O) groups excluding carboxylic acids is 2. The van der Waals surface area contributed by atoms with Crippen molar-refractivity contribution in [3.8, 4) is 33.4 Å². The molecule has 7 rings (SSSR count). The maximum absolute atomic E-state index is 12.0. The van der Waals surface area contributed by atoms with Crippen molar-refractivity contribution >= 4 is 17.8 Å². The van der Waals surface area contributed by atoms with Crippen molar-refractivity contribution in [2.24, 2.45) is 0 Å². The Morgan fingerprint density at radius 1 is 0.566 bits per heavy atom. The number of aromatic carboxylic acids is 1. The molecule has 6 aromatic rings. The smallest absolute Gasteiger partial charge is 0.354 e. The number of carbonyl (C=O) groups is 3. The summed E-state index contributed by atoms with van der Waals surface area (Å²) >= 11 is 0. The van der Waals surface area contributed by atoms with E-state index in [9.17, 15) is 14.4 Å². The number of carboxylic acids is 1. The van der Waals surface area contributed by atoms with Gasteiger partial charge in [-0.3, -0.25) is 24.8 Å². The average Bonchev–Trinajstić information content (AvgIpc) is 3.24. The first-order chi connectivity index (χ1) is 25.9. The Bertz CT molecular complexity index is 2030. The summed E-state index contributed by atoms with van der Waals surface area (Å²) in [7, 11) is 0. The highest BCUT2D eigenvalue weighted by atomic mass is 16.8. The van der Waals surface area contributed by atoms with E-state index >= 15 is 0 Å². The van der Waals surface area contributed by atoms with Gasteiger partial charge in [-0.05, 0) is 47.7 Å². The van der Waals surface area contributed by atoms with Crippen LogP contribution in [0.4, 0.5) is 0 Å². The Morgan fingerprint density at radius 3 is 1.36 bits per heavy atom. The number of amides is 2. The van der Waals surface area contributed by atoms with Crippen molar-refractivity contribution in [3.05, 3.63) is 163 Å². The Labute approximate surface area is 306 Å². The molecule has 1 unspecified atom stereocenters. The molecule has 53 heavy (non-hydrogen) atoms. The van der Waals surface area contributed by atoms with E-state index in [1.54, 1.807) is 42.9 Å². The van der Waals surface area contributed by atoms with E-state index in [0.717, 1.165) is 52.6 Å². The number of ether oxygens (including phenoxy) is 1. The molecule has 4 heterocycles. The van der Waals surface area contributed by atoms with Crippen LogP contribution in [0.15, 0.2) is 146 Å². The molecule has 2 amide bonds. The third kappa shape index (κ3) is 11.5. The van der Waals surface area contributed by atoms with E-state index in [1.165, 1.54) is 11.5 Å². The largest absolute Gasteiger partial charge is 0.477 e. The highest BCUT2D eigenvalue weighted by Crippen LogP contribution is 2.20. The highest BCUT2D eigenvalue weighted by Gasteiger charge is 2.17. The monoisotopic (exact) mass is 711 g/mol. The van der Waals surface area contributed by atoms with E-state index in [0.29, 0.717) is 12.3 Å². The minimum atomic E-state index is -1.00. The van der Waals surface area contributed by atoms with Crippen LogP contribution in [0.3, 0.4) is 0 Å². The average molecular weight is 712 g/mol.